The molecule has 160 valence electrons. The van der Waals surface area contributed by atoms with E-state index < -0.39 is 6.04 Å². The zero-order valence-corrected chi connectivity index (χ0v) is 17.6. The van der Waals surface area contributed by atoms with Crippen molar-refractivity contribution in [2.24, 2.45) is 0 Å². The largest absolute Gasteiger partial charge is 0.358 e. The summed E-state index contributed by atoms with van der Waals surface area (Å²) >= 11 is 0. The van der Waals surface area contributed by atoms with Crippen LogP contribution in [0, 0.1) is 0 Å². The molecule has 0 saturated carbocycles. The number of likely N-dealkylation sites (N-methyl/N-ethyl adjacent to an activating group) is 1. The van der Waals surface area contributed by atoms with Gasteiger partial charge < -0.3 is 25.6 Å². The van der Waals surface area contributed by atoms with E-state index in [0.717, 1.165) is 16.5 Å². The van der Waals surface area contributed by atoms with E-state index in [4.69, 9.17) is 4.74 Å². The Hall–Kier alpha value is -2.48. The minimum Gasteiger partial charge on any atom is -0.358 e. The Morgan fingerprint density at radius 1 is 1.17 bits per heavy atom. The number of hydrogen-bond acceptors (Lipinski definition) is 5. The lowest BCUT2D eigenvalue weighted by Crippen LogP contribution is -2.54. The molecule has 7 nitrogen and oxygen atoms in total. The van der Waals surface area contributed by atoms with E-state index in [0.29, 0.717) is 32.4 Å². The van der Waals surface area contributed by atoms with Crippen molar-refractivity contribution in [3.63, 3.8) is 0 Å². The van der Waals surface area contributed by atoms with Crippen molar-refractivity contribution in [2.45, 2.75) is 50.5 Å². The number of carbonyl (C=O) groups is 2. The number of ether oxygens (including phenoxy) is 1. The van der Waals surface area contributed by atoms with Gasteiger partial charge in [0.15, 0.2) is 0 Å². The van der Waals surface area contributed by atoms with Gasteiger partial charge in [-0.3, -0.25) is 9.59 Å². The fourth-order valence-corrected chi connectivity index (χ4v) is 4.28. The number of benzene rings is 2. The van der Waals surface area contributed by atoms with Gasteiger partial charge in [-0.25, -0.2) is 0 Å². The van der Waals surface area contributed by atoms with Crippen molar-refractivity contribution in [3.8, 4) is 0 Å². The lowest BCUT2D eigenvalue weighted by Gasteiger charge is -2.30. The SMILES string of the molecule is CN[C@@H](C)CN[C@H]1CCO[C@H]2CC[C@@H](C(=O)Nc3cccc4ccccc34)N2C1=O. The summed E-state index contributed by atoms with van der Waals surface area (Å²) in [7, 11) is 1.90. The Morgan fingerprint density at radius 2 is 1.97 bits per heavy atom. The van der Waals surface area contributed by atoms with Crippen molar-refractivity contribution < 1.29 is 14.3 Å². The number of carbonyl (C=O) groups excluding carboxylic acids is 2. The molecule has 2 aromatic carbocycles. The molecule has 2 amide bonds. The summed E-state index contributed by atoms with van der Waals surface area (Å²) in [6.07, 6.45) is 1.57. The van der Waals surface area contributed by atoms with Gasteiger partial charge in [0.1, 0.15) is 12.3 Å². The molecule has 3 N–H and O–H groups in total. The van der Waals surface area contributed by atoms with E-state index in [1.807, 2.05) is 49.5 Å². The minimum atomic E-state index is -0.523. The number of nitrogens with zero attached hydrogens (tertiary/aromatic N) is 1. The lowest BCUT2D eigenvalue weighted by molar-refractivity contribution is -0.146. The molecular weight excluding hydrogens is 380 g/mol. The molecule has 2 fully saturated rings. The maximum atomic E-state index is 13.3. The Labute approximate surface area is 177 Å². The summed E-state index contributed by atoms with van der Waals surface area (Å²) in [5, 5.41) is 11.6. The van der Waals surface area contributed by atoms with Gasteiger partial charge >= 0.3 is 0 Å². The molecule has 0 aliphatic carbocycles. The molecular formula is C23H30N4O3. The molecule has 4 rings (SSSR count). The average molecular weight is 411 g/mol. The second-order valence-electron chi connectivity index (χ2n) is 8.12. The Kier molecular flexibility index (Phi) is 6.32. The topological polar surface area (TPSA) is 82.7 Å². The van der Waals surface area contributed by atoms with Crippen LogP contribution in [0.1, 0.15) is 26.2 Å². The van der Waals surface area contributed by atoms with Gasteiger partial charge in [0.05, 0.1) is 12.6 Å². The highest BCUT2D eigenvalue weighted by molar-refractivity contribution is 6.05. The van der Waals surface area contributed by atoms with Crippen LogP contribution in [0.2, 0.25) is 0 Å². The van der Waals surface area contributed by atoms with Crippen LogP contribution in [0.25, 0.3) is 10.8 Å². The van der Waals surface area contributed by atoms with Crippen LogP contribution < -0.4 is 16.0 Å². The highest BCUT2D eigenvalue weighted by atomic mass is 16.5. The van der Waals surface area contributed by atoms with Crippen molar-refractivity contribution >= 4 is 28.3 Å². The molecule has 0 aromatic heterocycles. The summed E-state index contributed by atoms with van der Waals surface area (Å²) in [5.74, 6) is -0.202. The van der Waals surface area contributed by atoms with Crippen LogP contribution in [0.3, 0.4) is 0 Å². The highest BCUT2D eigenvalue weighted by Gasteiger charge is 2.45. The summed E-state index contributed by atoms with van der Waals surface area (Å²) < 4.78 is 5.93. The van der Waals surface area contributed by atoms with Crippen LogP contribution in [-0.4, -0.2) is 61.3 Å². The molecule has 7 heteroatoms. The van der Waals surface area contributed by atoms with Crippen molar-refractivity contribution in [3.05, 3.63) is 42.5 Å². The van der Waals surface area contributed by atoms with Gasteiger partial charge in [-0.1, -0.05) is 36.4 Å². The fraction of sp³-hybridized carbons (Fsp3) is 0.478. The van der Waals surface area contributed by atoms with E-state index >= 15 is 0 Å². The monoisotopic (exact) mass is 410 g/mol. The Bertz CT molecular complexity index is 913. The molecule has 2 saturated heterocycles. The van der Waals surface area contributed by atoms with E-state index in [9.17, 15) is 9.59 Å². The first-order chi connectivity index (χ1) is 14.6. The second kappa shape index (κ2) is 9.12. The predicted molar refractivity (Wildman–Crippen MR) is 117 cm³/mol. The Morgan fingerprint density at radius 3 is 2.80 bits per heavy atom. The van der Waals surface area contributed by atoms with Gasteiger partial charge in [0.25, 0.3) is 0 Å². The number of anilines is 1. The van der Waals surface area contributed by atoms with Crippen LogP contribution >= 0.6 is 0 Å². The standard InChI is InChI=1S/C23H30N4O3/c1-15(24-2)14-25-19-12-13-30-21-11-10-20(27(21)23(19)29)22(28)26-18-9-5-7-16-6-3-4-8-17(16)18/h3-9,15,19-21,24-25H,10-14H2,1-2H3,(H,26,28)/t15-,19-,20-,21-/m0/s1. The summed E-state index contributed by atoms with van der Waals surface area (Å²) in [4.78, 5) is 28.2. The second-order valence-corrected chi connectivity index (χ2v) is 8.12. The molecule has 4 atom stereocenters. The molecule has 2 aliphatic heterocycles. The molecule has 30 heavy (non-hydrogen) atoms. The van der Waals surface area contributed by atoms with Crippen LogP contribution in [-0.2, 0) is 14.3 Å². The fourth-order valence-electron chi connectivity index (χ4n) is 4.28. The van der Waals surface area contributed by atoms with Crippen LogP contribution in [0.15, 0.2) is 42.5 Å². The van der Waals surface area contributed by atoms with Gasteiger partial charge in [-0.15, -0.1) is 0 Å². The number of hydrogen-bond donors (Lipinski definition) is 3. The van der Waals surface area contributed by atoms with E-state index in [1.165, 1.54) is 0 Å². The molecule has 2 aliphatic rings. The maximum Gasteiger partial charge on any atom is 0.247 e. The van der Waals surface area contributed by atoms with Crippen molar-refractivity contribution in [2.75, 3.05) is 25.5 Å². The first kappa shape index (κ1) is 20.8. The van der Waals surface area contributed by atoms with E-state index in [-0.39, 0.29) is 30.1 Å². The number of rotatable bonds is 6. The normalized spacial score (nSPS) is 25.1. The lowest BCUT2D eigenvalue weighted by atomic mass is 10.1. The minimum absolute atomic E-state index is 0.0450. The van der Waals surface area contributed by atoms with Gasteiger partial charge in [0.2, 0.25) is 11.8 Å². The average Bonchev–Trinajstić information content (AvgIpc) is 3.13. The smallest absolute Gasteiger partial charge is 0.247 e. The van der Waals surface area contributed by atoms with Crippen molar-refractivity contribution in [1.82, 2.24) is 15.5 Å². The zero-order valence-electron chi connectivity index (χ0n) is 17.6. The third kappa shape index (κ3) is 4.19. The quantitative estimate of drug-likeness (QED) is 0.679. The molecule has 0 spiro atoms. The molecule has 2 aromatic rings. The molecule has 0 bridgehead atoms. The first-order valence-corrected chi connectivity index (χ1v) is 10.7. The molecule has 2 heterocycles. The number of fused-ring (bicyclic) bond motifs is 2. The van der Waals surface area contributed by atoms with Crippen LogP contribution in [0.4, 0.5) is 5.69 Å². The summed E-state index contributed by atoms with van der Waals surface area (Å²) in [6, 6.07) is 13.2. The number of nitrogens with one attached hydrogen (secondary N) is 3. The summed E-state index contributed by atoms with van der Waals surface area (Å²) in [6.45, 7) is 3.25. The van der Waals surface area contributed by atoms with E-state index in [1.54, 1.807) is 4.90 Å². The van der Waals surface area contributed by atoms with Gasteiger partial charge in [0, 0.05) is 23.7 Å². The highest BCUT2D eigenvalue weighted by Crippen LogP contribution is 2.30. The third-order valence-electron chi connectivity index (χ3n) is 6.12. The first-order valence-electron chi connectivity index (χ1n) is 10.7. The number of amides is 2. The third-order valence-corrected chi connectivity index (χ3v) is 6.12. The molecule has 0 unspecified atom stereocenters. The molecule has 0 radical (unpaired) electrons. The van der Waals surface area contributed by atoms with Crippen molar-refractivity contribution in [1.29, 1.82) is 0 Å². The summed E-state index contributed by atoms with van der Waals surface area (Å²) in [5.41, 5.74) is 0.766. The maximum absolute atomic E-state index is 13.3. The van der Waals surface area contributed by atoms with Gasteiger partial charge in [-0.2, -0.15) is 0 Å². The Balaban J connectivity index is 1.51. The zero-order chi connectivity index (χ0) is 21.1. The predicted octanol–water partition coefficient (Wildman–Crippen LogP) is 2.08. The van der Waals surface area contributed by atoms with E-state index in [2.05, 4.69) is 22.9 Å². The van der Waals surface area contributed by atoms with Gasteiger partial charge in [-0.05, 0) is 44.7 Å². The van der Waals surface area contributed by atoms with Crippen LogP contribution in [0.5, 0.6) is 0 Å².